The quantitative estimate of drug-likeness (QED) is 0.189. The molecular weight excluding hydrogens is 584 g/mol. The molecule has 11 heteroatoms. The van der Waals surface area contributed by atoms with E-state index in [1.807, 2.05) is 38.2 Å². The summed E-state index contributed by atoms with van der Waals surface area (Å²) in [4.78, 5) is 35.3. The minimum Gasteiger partial charge on any atom is -0.449 e. The van der Waals surface area contributed by atoms with Gasteiger partial charge in [0.25, 0.3) is 0 Å². The van der Waals surface area contributed by atoms with Crippen molar-refractivity contribution in [3.05, 3.63) is 62.5 Å². The van der Waals surface area contributed by atoms with Gasteiger partial charge in [0.05, 0.1) is 18.7 Å². The van der Waals surface area contributed by atoms with Gasteiger partial charge in [0.15, 0.2) is 5.82 Å². The van der Waals surface area contributed by atoms with Gasteiger partial charge in [-0.1, -0.05) is 49.9 Å². The molecule has 0 spiro atoms. The van der Waals surface area contributed by atoms with Gasteiger partial charge in [0.1, 0.15) is 16.9 Å². The highest BCUT2D eigenvalue weighted by atomic mass is 35.5. The van der Waals surface area contributed by atoms with Crippen LogP contribution in [0, 0.1) is 20.8 Å². The third-order valence-electron chi connectivity index (χ3n) is 7.92. The number of fused-ring (bicyclic) bond motifs is 3. The number of carbonyl (C=O) groups is 2. The van der Waals surface area contributed by atoms with Crippen LogP contribution in [0.2, 0.25) is 5.02 Å². The number of thiophene rings is 1. The van der Waals surface area contributed by atoms with Crippen molar-refractivity contribution < 1.29 is 14.3 Å². The lowest BCUT2D eigenvalue weighted by Gasteiger charge is -2.20. The fourth-order valence-corrected chi connectivity index (χ4v) is 6.48. The predicted octanol–water partition coefficient (Wildman–Crippen LogP) is 7.08. The number of ether oxygens (including phenoxy) is 1. The number of hydrogen-bond acceptors (Lipinski definition) is 7. The minimum atomic E-state index is -0.478. The molecular formula is C32H43ClN6O3S. The van der Waals surface area contributed by atoms with Gasteiger partial charge in [-0.2, -0.15) is 0 Å². The molecule has 1 atom stereocenters. The van der Waals surface area contributed by atoms with E-state index in [1.54, 1.807) is 28.2 Å². The van der Waals surface area contributed by atoms with E-state index in [9.17, 15) is 9.59 Å². The highest BCUT2D eigenvalue weighted by molar-refractivity contribution is 7.15. The largest absolute Gasteiger partial charge is 0.449 e. The van der Waals surface area contributed by atoms with Crippen LogP contribution in [0.15, 0.2) is 29.3 Å². The lowest BCUT2D eigenvalue weighted by atomic mass is 9.99. The van der Waals surface area contributed by atoms with Crippen LogP contribution in [-0.4, -0.2) is 76.1 Å². The van der Waals surface area contributed by atoms with E-state index in [4.69, 9.17) is 21.3 Å². The van der Waals surface area contributed by atoms with Gasteiger partial charge in [-0.05, 0) is 57.7 Å². The van der Waals surface area contributed by atoms with Crippen LogP contribution >= 0.6 is 22.9 Å². The average Bonchev–Trinajstić information content (AvgIpc) is 3.46. The first-order valence-corrected chi connectivity index (χ1v) is 16.3. The number of aryl methyl sites for hydroxylation is 2. The molecule has 0 unspecified atom stereocenters. The van der Waals surface area contributed by atoms with E-state index in [2.05, 4.69) is 35.5 Å². The first-order chi connectivity index (χ1) is 20.6. The molecule has 43 heavy (non-hydrogen) atoms. The van der Waals surface area contributed by atoms with Gasteiger partial charge in [0.2, 0.25) is 5.91 Å². The monoisotopic (exact) mass is 626 g/mol. The number of amides is 2. The predicted molar refractivity (Wildman–Crippen MR) is 173 cm³/mol. The molecule has 0 radical (unpaired) electrons. The minimum absolute atomic E-state index is 0.0177. The maximum Gasteiger partial charge on any atom is 0.409 e. The molecule has 0 bridgehead atoms. The number of nitrogens with zero attached hydrogens (tertiary/aromatic N) is 6. The molecule has 3 heterocycles. The van der Waals surface area contributed by atoms with E-state index in [0.29, 0.717) is 30.5 Å². The second-order valence-corrected chi connectivity index (χ2v) is 12.9. The summed E-state index contributed by atoms with van der Waals surface area (Å²) in [6, 6.07) is 7.22. The Morgan fingerprint density at radius 1 is 0.977 bits per heavy atom. The van der Waals surface area contributed by atoms with Crippen molar-refractivity contribution in [3.8, 4) is 5.00 Å². The molecule has 3 aromatic rings. The highest BCUT2D eigenvalue weighted by Crippen LogP contribution is 2.39. The average molecular weight is 627 g/mol. The third kappa shape index (κ3) is 7.84. The molecule has 2 amide bonds. The van der Waals surface area contributed by atoms with Crippen molar-refractivity contribution in [2.75, 3.05) is 33.8 Å². The number of hydrogen-bond donors (Lipinski definition) is 0. The Morgan fingerprint density at radius 2 is 1.65 bits per heavy atom. The number of benzene rings is 1. The van der Waals surface area contributed by atoms with Crippen LogP contribution in [0.5, 0.6) is 0 Å². The van der Waals surface area contributed by atoms with Gasteiger partial charge >= 0.3 is 6.09 Å². The molecule has 1 aliphatic heterocycles. The standard InChI is InChI=1S/C32H43ClN6O3S/c1-7-8-19-42-32(41)38(6)18-12-10-9-11-17-37(5)27(40)20-26-30-36-35-23(4)39(30)31-28(21(2)22(3)43-31)29(34-26)24-13-15-25(33)16-14-24/h13-16,26H,7-12,17-20H2,1-6H3/t26-/m0/s1. The first kappa shape index (κ1) is 32.7. The Kier molecular flexibility index (Phi) is 11.4. The molecule has 1 aliphatic rings. The normalized spacial score (nSPS) is 14.0. The van der Waals surface area contributed by atoms with Crippen LogP contribution in [0.4, 0.5) is 4.79 Å². The molecule has 0 aliphatic carbocycles. The fourth-order valence-electron chi connectivity index (χ4n) is 5.14. The molecule has 0 fully saturated rings. The van der Waals surface area contributed by atoms with Crippen molar-refractivity contribution in [1.82, 2.24) is 24.6 Å². The highest BCUT2D eigenvalue weighted by Gasteiger charge is 2.32. The summed E-state index contributed by atoms with van der Waals surface area (Å²) in [5.41, 5.74) is 4.01. The van der Waals surface area contributed by atoms with E-state index in [0.717, 1.165) is 71.8 Å². The van der Waals surface area contributed by atoms with Crippen LogP contribution in [0.25, 0.3) is 5.00 Å². The lowest BCUT2D eigenvalue weighted by molar-refractivity contribution is -0.130. The van der Waals surface area contributed by atoms with Crippen molar-refractivity contribution in [1.29, 1.82) is 0 Å². The molecule has 2 aromatic heterocycles. The fraction of sp³-hybridized carbons (Fsp3) is 0.531. The second-order valence-electron chi connectivity index (χ2n) is 11.2. The van der Waals surface area contributed by atoms with E-state index >= 15 is 0 Å². The van der Waals surface area contributed by atoms with E-state index in [-0.39, 0.29) is 18.4 Å². The zero-order valence-corrected chi connectivity index (χ0v) is 27.7. The molecule has 4 rings (SSSR count). The summed E-state index contributed by atoms with van der Waals surface area (Å²) in [7, 11) is 3.63. The molecule has 0 saturated carbocycles. The molecule has 232 valence electrons. The topological polar surface area (TPSA) is 92.9 Å². The molecule has 1 aromatic carbocycles. The van der Waals surface area contributed by atoms with Crippen LogP contribution in [0.3, 0.4) is 0 Å². The van der Waals surface area contributed by atoms with Gasteiger partial charge in [-0.3, -0.25) is 14.4 Å². The Morgan fingerprint density at radius 3 is 2.33 bits per heavy atom. The summed E-state index contributed by atoms with van der Waals surface area (Å²) in [6.07, 6.45) is 5.58. The molecule has 0 saturated heterocycles. The van der Waals surface area contributed by atoms with Crippen LogP contribution < -0.4 is 0 Å². The lowest BCUT2D eigenvalue weighted by Crippen LogP contribution is -2.29. The Bertz CT molecular complexity index is 1450. The number of aliphatic imine (C=N–C) groups is 1. The van der Waals surface area contributed by atoms with Crippen molar-refractivity contribution in [2.45, 2.75) is 78.7 Å². The van der Waals surface area contributed by atoms with Crippen molar-refractivity contribution >= 4 is 40.6 Å². The summed E-state index contributed by atoms with van der Waals surface area (Å²) in [6.45, 7) is 10.0. The van der Waals surface area contributed by atoms with Gasteiger partial charge < -0.3 is 14.5 Å². The smallest absolute Gasteiger partial charge is 0.409 e. The van der Waals surface area contributed by atoms with Gasteiger partial charge in [0, 0.05) is 48.2 Å². The van der Waals surface area contributed by atoms with Crippen LogP contribution in [-0.2, 0) is 9.53 Å². The first-order valence-electron chi connectivity index (χ1n) is 15.1. The van der Waals surface area contributed by atoms with E-state index < -0.39 is 6.04 Å². The Hall–Kier alpha value is -3.24. The maximum atomic E-state index is 13.5. The number of unbranched alkanes of at least 4 members (excludes halogenated alkanes) is 4. The second kappa shape index (κ2) is 15.0. The molecule has 9 nitrogen and oxygen atoms in total. The molecule has 0 N–H and O–H groups in total. The number of aromatic nitrogens is 3. The Balaban J connectivity index is 1.40. The Labute approximate surface area is 263 Å². The number of halogens is 1. The van der Waals surface area contributed by atoms with Gasteiger partial charge in [-0.25, -0.2) is 4.79 Å². The summed E-state index contributed by atoms with van der Waals surface area (Å²) in [5.74, 6) is 1.47. The van der Waals surface area contributed by atoms with Crippen LogP contribution in [0.1, 0.15) is 91.1 Å². The third-order valence-corrected chi connectivity index (χ3v) is 9.37. The zero-order valence-electron chi connectivity index (χ0n) is 26.2. The van der Waals surface area contributed by atoms with E-state index in [1.165, 1.54) is 4.88 Å². The maximum absolute atomic E-state index is 13.5. The SMILES string of the molecule is CCCCOC(=O)N(C)CCCCCCN(C)C(=O)C[C@@H]1N=C(c2ccc(Cl)cc2)c2c(sc(C)c2C)-n2c(C)nnc21. The van der Waals surface area contributed by atoms with Crippen molar-refractivity contribution in [3.63, 3.8) is 0 Å². The van der Waals surface area contributed by atoms with Gasteiger partial charge in [-0.15, -0.1) is 21.5 Å². The summed E-state index contributed by atoms with van der Waals surface area (Å²) in [5, 5.41) is 10.6. The van der Waals surface area contributed by atoms with Crippen molar-refractivity contribution in [2.24, 2.45) is 4.99 Å². The summed E-state index contributed by atoms with van der Waals surface area (Å²) < 4.78 is 7.32. The number of rotatable bonds is 13. The summed E-state index contributed by atoms with van der Waals surface area (Å²) >= 11 is 7.91. The zero-order chi connectivity index (χ0) is 31.1. The number of carbonyl (C=O) groups excluding carboxylic acids is 2.